The van der Waals surface area contributed by atoms with Crippen LogP contribution in [0.5, 0.6) is 0 Å². The predicted octanol–water partition coefficient (Wildman–Crippen LogP) is 2.38. The maximum atomic E-state index is 4.14. The Bertz CT molecular complexity index is 411. The van der Waals surface area contributed by atoms with E-state index in [0.717, 1.165) is 34.0 Å². The number of hydrogen-bond acceptors (Lipinski definition) is 6. The molecule has 2 aromatic rings. The van der Waals surface area contributed by atoms with E-state index in [0.29, 0.717) is 0 Å². The summed E-state index contributed by atoms with van der Waals surface area (Å²) in [5, 5.41) is 14.2. The van der Waals surface area contributed by atoms with Crippen molar-refractivity contribution >= 4 is 28.2 Å². The standard InChI is InChI=1S/C9H13N5S2/c1-2-3-10-9-14-13-7(16-9)6-15-8-11-4-5-12-8/h4-5H,2-3,6H2,1H3,(H,10,14)(H,11,12). The zero-order chi connectivity index (χ0) is 11.2. The predicted molar refractivity (Wildman–Crippen MR) is 66.8 cm³/mol. The summed E-state index contributed by atoms with van der Waals surface area (Å²) in [6.07, 6.45) is 4.66. The van der Waals surface area contributed by atoms with Crippen molar-refractivity contribution in [3.05, 3.63) is 17.4 Å². The SMILES string of the molecule is CCCNc1nnc(CSc2ncc[nH]2)s1. The zero-order valence-electron chi connectivity index (χ0n) is 8.93. The minimum absolute atomic E-state index is 0.805. The van der Waals surface area contributed by atoms with Crippen LogP contribution >= 0.6 is 23.1 Å². The van der Waals surface area contributed by atoms with Crippen LogP contribution in [0.2, 0.25) is 0 Å². The Morgan fingerprint density at radius 1 is 1.50 bits per heavy atom. The molecule has 0 atom stereocenters. The fraction of sp³-hybridized carbons (Fsp3) is 0.444. The lowest BCUT2D eigenvalue weighted by Gasteiger charge is -1.95. The van der Waals surface area contributed by atoms with Crippen LogP contribution in [0.15, 0.2) is 17.6 Å². The third kappa shape index (κ3) is 3.21. The van der Waals surface area contributed by atoms with Crippen LogP contribution in [0.25, 0.3) is 0 Å². The van der Waals surface area contributed by atoms with Gasteiger partial charge in [-0.2, -0.15) is 0 Å². The average molecular weight is 255 g/mol. The highest BCUT2D eigenvalue weighted by Crippen LogP contribution is 2.23. The number of thioether (sulfide) groups is 1. The third-order valence-electron chi connectivity index (χ3n) is 1.80. The second-order valence-corrected chi connectivity index (χ2v) is 5.14. The van der Waals surface area contributed by atoms with E-state index in [9.17, 15) is 0 Å². The maximum Gasteiger partial charge on any atom is 0.205 e. The fourth-order valence-corrected chi connectivity index (χ4v) is 2.65. The quantitative estimate of drug-likeness (QED) is 0.776. The summed E-state index contributed by atoms with van der Waals surface area (Å²) in [5.74, 6) is 0.805. The lowest BCUT2D eigenvalue weighted by atomic mass is 10.5. The second kappa shape index (κ2) is 5.86. The Kier molecular flexibility index (Phi) is 4.17. The van der Waals surface area contributed by atoms with Crippen molar-refractivity contribution in [1.29, 1.82) is 0 Å². The molecule has 0 saturated carbocycles. The van der Waals surface area contributed by atoms with Crippen molar-refractivity contribution in [3.8, 4) is 0 Å². The topological polar surface area (TPSA) is 66.5 Å². The fourth-order valence-electron chi connectivity index (χ4n) is 1.08. The minimum Gasteiger partial charge on any atom is -0.360 e. The van der Waals surface area contributed by atoms with Gasteiger partial charge in [0.2, 0.25) is 5.13 Å². The molecule has 0 unspecified atom stereocenters. The van der Waals surface area contributed by atoms with E-state index < -0.39 is 0 Å². The van der Waals surface area contributed by atoms with Crippen LogP contribution in [0.4, 0.5) is 5.13 Å². The molecule has 16 heavy (non-hydrogen) atoms. The Balaban J connectivity index is 1.83. The van der Waals surface area contributed by atoms with Gasteiger partial charge < -0.3 is 10.3 Å². The normalized spacial score (nSPS) is 10.6. The van der Waals surface area contributed by atoms with Gasteiger partial charge in [0.05, 0.1) is 5.75 Å². The number of hydrogen-bond donors (Lipinski definition) is 2. The number of H-pyrrole nitrogens is 1. The minimum atomic E-state index is 0.805. The number of imidazole rings is 1. The first-order chi connectivity index (χ1) is 7.88. The smallest absolute Gasteiger partial charge is 0.205 e. The summed E-state index contributed by atoms with van der Waals surface area (Å²) in [5.41, 5.74) is 0. The van der Waals surface area contributed by atoms with Gasteiger partial charge >= 0.3 is 0 Å². The van der Waals surface area contributed by atoms with Gasteiger partial charge in [-0.05, 0) is 6.42 Å². The van der Waals surface area contributed by atoms with Gasteiger partial charge in [-0.1, -0.05) is 30.0 Å². The van der Waals surface area contributed by atoms with Crippen molar-refractivity contribution in [2.24, 2.45) is 0 Å². The summed E-state index contributed by atoms with van der Waals surface area (Å²) in [4.78, 5) is 7.18. The number of nitrogens with zero attached hydrogens (tertiary/aromatic N) is 3. The highest BCUT2D eigenvalue weighted by molar-refractivity contribution is 7.98. The van der Waals surface area contributed by atoms with E-state index in [1.54, 1.807) is 29.3 Å². The van der Waals surface area contributed by atoms with Crippen LogP contribution in [0.3, 0.4) is 0 Å². The van der Waals surface area contributed by atoms with E-state index in [1.807, 2.05) is 6.20 Å². The molecule has 0 aromatic carbocycles. The zero-order valence-corrected chi connectivity index (χ0v) is 10.6. The van der Waals surface area contributed by atoms with Gasteiger partial charge in [0, 0.05) is 18.9 Å². The highest BCUT2D eigenvalue weighted by Gasteiger charge is 2.04. The van der Waals surface area contributed by atoms with E-state index >= 15 is 0 Å². The van der Waals surface area contributed by atoms with Crippen molar-refractivity contribution < 1.29 is 0 Å². The molecular formula is C9H13N5S2. The Hall–Kier alpha value is -1.08. The number of aromatic nitrogens is 4. The highest BCUT2D eigenvalue weighted by atomic mass is 32.2. The van der Waals surface area contributed by atoms with Crippen LogP contribution in [0, 0.1) is 0 Å². The second-order valence-electron chi connectivity index (χ2n) is 3.11. The average Bonchev–Trinajstić information content (AvgIpc) is 2.95. The van der Waals surface area contributed by atoms with Gasteiger partial charge in [-0.15, -0.1) is 10.2 Å². The number of aromatic amines is 1. The maximum absolute atomic E-state index is 4.14. The molecule has 0 aliphatic heterocycles. The summed E-state index contributed by atoms with van der Waals surface area (Å²) >= 11 is 3.23. The number of rotatable bonds is 6. The molecule has 2 heterocycles. The molecule has 0 saturated heterocycles. The molecule has 2 aromatic heterocycles. The Morgan fingerprint density at radius 2 is 2.44 bits per heavy atom. The first-order valence-corrected chi connectivity index (χ1v) is 6.87. The molecule has 0 fully saturated rings. The van der Waals surface area contributed by atoms with Crippen LogP contribution in [0.1, 0.15) is 18.4 Å². The van der Waals surface area contributed by atoms with Gasteiger partial charge in [-0.3, -0.25) is 0 Å². The monoisotopic (exact) mass is 255 g/mol. The molecule has 86 valence electrons. The molecule has 0 amide bonds. The lowest BCUT2D eigenvalue weighted by molar-refractivity contribution is 0.957. The van der Waals surface area contributed by atoms with E-state index in [-0.39, 0.29) is 0 Å². The van der Waals surface area contributed by atoms with Crippen LogP contribution < -0.4 is 5.32 Å². The summed E-state index contributed by atoms with van der Waals surface area (Å²) in [6.45, 7) is 3.07. The first-order valence-electron chi connectivity index (χ1n) is 5.07. The van der Waals surface area contributed by atoms with Gasteiger partial charge in [0.25, 0.3) is 0 Å². The van der Waals surface area contributed by atoms with E-state index in [1.165, 1.54) is 0 Å². The molecule has 2 N–H and O–H groups in total. The van der Waals surface area contributed by atoms with Crippen molar-refractivity contribution in [3.63, 3.8) is 0 Å². The molecule has 5 nitrogen and oxygen atoms in total. The Labute approximate surface area is 102 Å². The van der Waals surface area contributed by atoms with Gasteiger partial charge in [0.15, 0.2) is 5.16 Å². The molecule has 0 aliphatic rings. The first kappa shape index (κ1) is 11.4. The lowest BCUT2D eigenvalue weighted by Crippen LogP contribution is -1.98. The Morgan fingerprint density at radius 3 is 3.19 bits per heavy atom. The van der Waals surface area contributed by atoms with Crippen molar-refractivity contribution in [1.82, 2.24) is 20.2 Å². The summed E-state index contributed by atoms with van der Waals surface area (Å²) < 4.78 is 0. The molecular weight excluding hydrogens is 242 g/mol. The molecule has 2 rings (SSSR count). The molecule has 0 radical (unpaired) electrons. The van der Waals surface area contributed by atoms with Crippen molar-refractivity contribution in [2.75, 3.05) is 11.9 Å². The van der Waals surface area contributed by atoms with Gasteiger partial charge in [-0.25, -0.2) is 4.98 Å². The van der Waals surface area contributed by atoms with E-state index in [2.05, 4.69) is 32.4 Å². The molecule has 0 aliphatic carbocycles. The summed E-state index contributed by atoms with van der Waals surface area (Å²) in [7, 11) is 0. The van der Waals surface area contributed by atoms with Crippen LogP contribution in [-0.4, -0.2) is 26.7 Å². The van der Waals surface area contributed by atoms with E-state index in [4.69, 9.17) is 0 Å². The van der Waals surface area contributed by atoms with Gasteiger partial charge in [0.1, 0.15) is 5.01 Å². The summed E-state index contributed by atoms with van der Waals surface area (Å²) in [6, 6.07) is 0. The number of anilines is 1. The van der Waals surface area contributed by atoms with Crippen LogP contribution in [-0.2, 0) is 5.75 Å². The third-order valence-corrected chi connectivity index (χ3v) is 3.78. The largest absolute Gasteiger partial charge is 0.360 e. The molecule has 7 heteroatoms. The number of nitrogens with one attached hydrogen (secondary N) is 2. The molecule has 0 bridgehead atoms. The van der Waals surface area contributed by atoms with Crippen molar-refractivity contribution in [2.45, 2.75) is 24.3 Å². The molecule has 0 spiro atoms.